The van der Waals surface area contributed by atoms with Crippen molar-refractivity contribution in [1.82, 2.24) is 15.1 Å². The number of alkyl halides is 1. The third kappa shape index (κ3) is 5.71. The quantitative estimate of drug-likeness (QED) is 0.412. The fraction of sp³-hybridized carbons (Fsp3) is 0.846. The average molecular weight is 525 g/mol. The van der Waals surface area contributed by atoms with E-state index in [1.54, 1.807) is 0 Å². The van der Waals surface area contributed by atoms with Crippen LogP contribution in [0.1, 0.15) is 65.2 Å². The lowest BCUT2D eigenvalue weighted by atomic mass is 9.70. The zero-order valence-corrected chi connectivity index (χ0v) is 22.6. The number of carbonyl (C=O) groups excluding carboxylic acids is 1. The Morgan fingerprint density at radius 3 is 2.80 bits per heavy atom. The predicted octanol–water partition coefficient (Wildman–Crippen LogP) is 4.40. The highest BCUT2D eigenvalue weighted by Crippen LogP contribution is 2.51. The Labute approximate surface area is 219 Å². The number of carbonyl (C=O) groups is 1. The fourth-order valence-corrected chi connectivity index (χ4v) is 8.16. The molecule has 5 rings (SSSR count). The second-order valence-corrected chi connectivity index (χ2v) is 13.4. The van der Waals surface area contributed by atoms with Crippen LogP contribution in [0.15, 0.2) is 17.1 Å². The molecule has 0 aromatic carbocycles. The molecule has 0 radical (unpaired) electrons. The lowest BCUT2D eigenvalue weighted by molar-refractivity contribution is -0.0190. The van der Waals surface area contributed by atoms with Gasteiger partial charge in [0.1, 0.15) is 10.9 Å². The Hall–Kier alpha value is -0.800. The summed E-state index contributed by atoms with van der Waals surface area (Å²) < 4.78 is 6.48. The molecule has 3 heterocycles. The first kappa shape index (κ1) is 25.8. The van der Waals surface area contributed by atoms with Crippen molar-refractivity contribution in [2.45, 2.75) is 94.4 Å². The minimum atomic E-state index is -0.470. The highest BCUT2D eigenvalue weighted by molar-refractivity contribution is 8.15. The second-order valence-electron chi connectivity index (χ2n) is 11.4. The van der Waals surface area contributed by atoms with E-state index in [0.717, 1.165) is 38.3 Å². The summed E-state index contributed by atoms with van der Waals surface area (Å²) in [6.45, 7) is 6.96. The molecule has 9 heteroatoms. The van der Waals surface area contributed by atoms with Gasteiger partial charge in [-0.3, -0.25) is 15.2 Å². The maximum absolute atomic E-state index is 13.3. The average Bonchev–Trinajstić information content (AvgIpc) is 3.53. The number of halogens is 1. The first-order valence-corrected chi connectivity index (χ1v) is 14.8. The largest absolute Gasteiger partial charge is 0.379 e. The van der Waals surface area contributed by atoms with Crippen molar-refractivity contribution in [2.24, 2.45) is 22.2 Å². The van der Waals surface area contributed by atoms with Gasteiger partial charge >= 0.3 is 6.03 Å². The van der Waals surface area contributed by atoms with Crippen LogP contribution in [0.4, 0.5) is 4.79 Å². The van der Waals surface area contributed by atoms with Crippen molar-refractivity contribution >= 4 is 34.6 Å². The summed E-state index contributed by atoms with van der Waals surface area (Å²) in [6, 6.07) is -0.0599. The highest BCUT2D eigenvalue weighted by Gasteiger charge is 2.57. The van der Waals surface area contributed by atoms with E-state index in [9.17, 15) is 9.90 Å². The van der Waals surface area contributed by atoms with Crippen LogP contribution in [-0.2, 0) is 4.74 Å². The number of thioether (sulfide) groups is 1. The molecule has 2 amide bonds. The lowest BCUT2D eigenvalue weighted by Crippen LogP contribution is -2.46. The number of likely N-dealkylation sites (tertiary alicyclic amines) is 2. The van der Waals surface area contributed by atoms with Crippen LogP contribution in [-0.4, -0.2) is 81.5 Å². The Morgan fingerprint density at radius 2 is 2.11 bits per heavy atom. The number of hydrogen-bond donors (Lipinski definition) is 2. The van der Waals surface area contributed by atoms with Crippen molar-refractivity contribution < 1.29 is 14.6 Å². The van der Waals surface area contributed by atoms with E-state index >= 15 is 0 Å². The number of urea groups is 1. The molecule has 2 aliphatic carbocycles. The molecule has 196 valence electrons. The Kier molecular flexibility index (Phi) is 8.04. The van der Waals surface area contributed by atoms with Gasteiger partial charge in [-0.2, -0.15) is 0 Å². The molecule has 0 aromatic heterocycles. The number of amidine groups is 1. The number of aliphatic imine (C=N–C) groups is 1. The number of fused-ring (bicyclic) bond motifs is 2. The van der Waals surface area contributed by atoms with Crippen molar-refractivity contribution in [3.8, 4) is 0 Å². The molecule has 7 nitrogen and oxygen atoms in total. The zero-order chi connectivity index (χ0) is 24.6. The molecule has 1 spiro atoms. The van der Waals surface area contributed by atoms with Gasteiger partial charge in [0.2, 0.25) is 0 Å². The molecule has 7 unspecified atom stereocenters. The van der Waals surface area contributed by atoms with Gasteiger partial charge in [0, 0.05) is 25.0 Å². The molecular weight excluding hydrogens is 484 g/mol. The number of aliphatic hydroxyl groups excluding tert-OH is 1. The van der Waals surface area contributed by atoms with Crippen LogP contribution in [0.5, 0.6) is 0 Å². The molecule has 3 aliphatic heterocycles. The minimum absolute atomic E-state index is 0.0301. The van der Waals surface area contributed by atoms with Gasteiger partial charge in [0.15, 0.2) is 5.17 Å². The first-order valence-electron chi connectivity index (χ1n) is 13.5. The summed E-state index contributed by atoms with van der Waals surface area (Å²) in [5.41, 5.74) is -0.0301. The predicted molar refractivity (Wildman–Crippen MR) is 142 cm³/mol. The molecular formula is C26H41ClN4O3S. The monoisotopic (exact) mass is 524 g/mol. The molecule has 1 saturated carbocycles. The second kappa shape index (κ2) is 10.9. The molecule has 5 aliphatic rings. The molecule has 35 heavy (non-hydrogen) atoms. The maximum atomic E-state index is 13.3. The summed E-state index contributed by atoms with van der Waals surface area (Å²) in [4.78, 5) is 21.8. The van der Waals surface area contributed by atoms with E-state index in [1.165, 1.54) is 43.9 Å². The van der Waals surface area contributed by atoms with Crippen LogP contribution in [0.2, 0.25) is 0 Å². The molecule has 2 N–H and O–H groups in total. The Bertz CT molecular complexity index is 835. The smallest absolute Gasteiger partial charge is 0.323 e. The van der Waals surface area contributed by atoms with Gasteiger partial charge in [0.05, 0.1) is 24.8 Å². The SMILES string of the molecule is CC(CC1CCCCC1)OC1C=CC2C(C1)C1(CCN(C(C)O)C1)CN2C(=O)NC1=NCC(Cl)S1. The van der Waals surface area contributed by atoms with Gasteiger partial charge in [-0.15, -0.1) is 11.6 Å². The minimum Gasteiger partial charge on any atom is -0.379 e. The van der Waals surface area contributed by atoms with Crippen molar-refractivity contribution in [1.29, 1.82) is 0 Å². The van der Waals surface area contributed by atoms with E-state index in [4.69, 9.17) is 16.3 Å². The maximum Gasteiger partial charge on any atom is 0.323 e. The molecule has 3 fully saturated rings. The van der Waals surface area contributed by atoms with Crippen molar-refractivity contribution in [2.75, 3.05) is 26.2 Å². The number of nitrogens with one attached hydrogen (secondary N) is 1. The van der Waals surface area contributed by atoms with Gasteiger partial charge in [-0.05, 0) is 44.9 Å². The Balaban J connectivity index is 1.28. The summed E-state index contributed by atoms with van der Waals surface area (Å²) >= 11 is 7.56. The van der Waals surface area contributed by atoms with Gasteiger partial charge < -0.3 is 14.7 Å². The number of nitrogens with zero attached hydrogens (tertiary/aromatic N) is 3. The van der Waals surface area contributed by atoms with E-state index in [1.807, 2.05) is 11.8 Å². The topological polar surface area (TPSA) is 77.4 Å². The van der Waals surface area contributed by atoms with Gasteiger partial charge in [0.25, 0.3) is 0 Å². The number of aliphatic hydroxyl groups is 1. The highest BCUT2D eigenvalue weighted by atomic mass is 35.5. The molecule has 2 saturated heterocycles. The molecule has 0 aromatic rings. The van der Waals surface area contributed by atoms with Gasteiger partial charge in [-0.1, -0.05) is 56.0 Å². The van der Waals surface area contributed by atoms with E-state index in [0.29, 0.717) is 24.2 Å². The fourth-order valence-electron chi connectivity index (χ4n) is 7.15. The standard InChI is InChI=1S/C26H41ClN4O3S/c1-17(12-19-6-4-3-5-7-19)34-20-8-9-22-21(13-20)26(10-11-30(15-26)18(2)32)16-31(22)25(33)29-24-28-14-23(27)35-24/h8-9,17-23,32H,3-7,10-16H2,1-2H3,(H,28,29,33). The van der Waals surface area contributed by atoms with E-state index in [-0.39, 0.29) is 34.4 Å². The Morgan fingerprint density at radius 1 is 1.31 bits per heavy atom. The summed E-state index contributed by atoms with van der Waals surface area (Å²) in [5, 5.41) is 13.9. The number of amides is 2. The number of ether oxygens (including phenoxy) is 1. The van der Waals surface area contributed by atoms with Crippen molar-refractivity contribution in [3.63, 3.8) is 0 Å². The lowest BCUT2D eigenvalue weighted by Gasteiger charge is -2.37. The number of hydrogen-bond acceptors (Lipinski definition) is 6. The zero-order valence-electron chi connectivity index (χ0n) is 21.1. The first-order chi connectivity index (χ1) is 16.8. The number of rotatable bonds is 5. The normalized spacial score (nSPS) is 37.5. The molecule has 0 bridgehead atoms. The van der Waals surface area contributed by atoms with Crippen LogP contribution < -0.4 is 5.32 Å². The summed E-state index contributed by atoms with van der Waals surface area (Å²) in [7, 11) is 0. The van der Waals surface area contributed by atoms with E-state index < -0.39 is 6.23 Å². The van der Waals surface area contributed by atoms with Crippen LogP contribution >= 0.6 is 23.4 Å². The summed E-state index contributed by atoms with van der Waals surface area (Å²) in [5.74, 6) is 1.11. The summed E-state index contributed by atoms with van der Waals surface area (Å²) in [6.07, 6.45) is 14.1. The van der Waals surface area contributed by atoms with Crippen LogP contribution in [0.25, 0.3) is 0 Å². The third-order valence-corrected chi connectivity index (χ3v) is 10.2. The van der Waals surface area contributed by atoms with Crippen LogP contribution in [0, 0.1) is 17.3 Å². The van der Waals surface area contributed by atoms with Crippen LogP contribution in [0.3, 0.4) is 0 Å². The van der Waals surface area contributed by atoms with Crippen molar-refractivity contribution in [3.05, 3.63) is 12.2 Å². The third-order valence-electron chi connectivity index (χ3n) is 8.89. The van der Waals surface area contributed by atoms with Gasteiger partial charge in [-0.25, -0.2) is 4.79 Å². The van der Waals surface area contributed by atoms with E-state index in [2.05, 4.69) is 34.3 Å². The molecule has 7 atom stereocenters.